The minimum Gasteiger partial charge on any atom is -0.480 e. The van der Waals surface area contributed by atoms with Crippen molar-refractivity contribution in [2.75, 3.05) is 13.3 Å². The molecule has 1 aromatic carbocycles. The molecule has 5 heteroatoms. The number of carbonyl (C=O) groups is 2. The summed E-state index contributed by atoms with van der Waals surface area (Å²) in [5.74, 6) is -0.937. The van der Waals surface area contributed by atoms with Crippen molar-refractivity contribution in [2.24, 2.45) is 0 Å². The molecular weight excluding hydrogens is 222 g/mol. The third-order valence-electron chi connectivity index (χ3n) is 2.33. The van der Waals surface area contributed by atoms with Gasteiger partial charge in [-0.1, -0.05) is 30.3 Å². The van der Waals surface area contributed by atoms with Gasteiger partial charge in [0.05, 0.1) is 0 Å². The number of hydrogen-bond acceptors (Lipinski definition) is 3. The van der Waals surface area contributed by atoms with Crippen LogP contribution in [-0.4, -0.2) is 35.2 Å². The number of aliphatic carboxylic acids is 1. The summed E-state index contributed by atoms with van der Waals surface area (Å²) in [5.41, 5.74) is 0.802. The van der Waals surface area contributed by atoms with Crippen LogP contribution in [0.5, 0.6) is 0 Å². The summed E-state index contributed by atoms with van der Waals surface area (Å²) in [7, 11) is 0. The monoisotopic (exact) mass is 233 g/mol. The van der Waals surface area contributed by atoms with Crippen LogP contribution in [0.15, 0.2) is 36.4 Å². The lowest BCUT2D eigenvalue weighted by molar-refractivity contribution is -0.145. The maximum atomic E-state index is 11.6. The molecule has 1 heterocycles. The molecule has 0 unspecified atom stereocenters. The molecule has 0 bridgehead atoms. The Morgan fingerprint density at radius 2 is 2.06 bits per heavy atom. The van der Waals surface area contributed by atoms with Gasteiger partial charge in [0.25, 0.3) is 5.91 Å². The van der Waals surface area contributed by atoms with Gasteiger partial charge in [0.2, 0.25) is 0 Å². The van der Waals surface area contributed by atoms with Crippen LogP contribution >= 0.6 is 0 Å². The number of carbonyl (C=O) groups excluding carboxylic acids is 1. The van der Waals surface area contributed by atoms with E-state index in [1.807, 2.05) is 30.3 Å². The van der Waals surface area contributed by atoms with Crippen LogP contribution in [0, 0.1) is 0 Å². The van der Waals surface area contributed by atoms with E-state index in [4.69, 9.17) is 9.84 Å². The highest BCUT2D eigenvalue weighted by atomic mass is 16.5. The summed E-state index contributed by atoms with van der Waals surface area (Å²) in [6.45, 7) is -0.386. The maximum Gasteiger partial charge on any atom is 0.323 e. The first-order valence-corrected chi connectivity index (χ1v) is 5.07. The highest BCUT2D eigenvalue weighted by molar-refractivity contribution is 5.96. The Kier molecular flexibility index (Phi) is 3.09. The van der Waals surface area contributed by atoms with Crippen LogP contribution in [0.3, 0.4) is 0 Å². The van der Waals surface area contributed by atoms with Crippen molar-refractivity contribution >= 4 is 17.6 Å². The predicted molar refractivity (Wildman–Crippen MR) is 59.7 cm³/mol. The van der Waals surface area contributed by atoms with Crippen molar-refractivity contribution in [3.05, 3.63) is 42.0 Å². The van der Waals surface area contributed by atoms with E-state index in [0.29, 0.717) is 5.76 Å². The van der Waals surface area contributed by atoms with E-state index in [9.17, 15) is 9.59 Å². The van der Waals surface area contributed by atoms with Gasteiger partial charge < -0.3 is 9.84 Å². The largest absolute Gasteiger partial charge is 0.480 e. The average Bonchev–Trinajstić information content (AvgIpc) is 2.32. The number of amides is 1. The number of ether oxygens (including phenoxy) is 1. The Morgan fingerprint density at radius 1 is 1.35 bits per heavy atom. The fourth-order valence-corrected chi connectivity index (χ4v) is 1.51. The molecule has 0 saturated heterocycles. The molecule has 0 spiro atoms. The zero-order chi connectivity index (χ0) is 12.3. The van der Waals surface area contributed by atoms with Gasteiger partial charge in [-0.2, -0.15) is 0 Å². The summed E-state index contributed by atoms with van der Waals surface area (Å²) < 4.78 is 5.35. The molecule has 1 N–H and O–H groups in total. The van der Waals surface area contributed by atoms with Crippen molar-refractivity contribution in [1.29, 1.82) is 0 Å². The summed E-state index contributed by atoms with van der Waals surface area (Å²) in [6.07, 6.45) is 1.31. The Hall–Kier alpha value is -2.30. The summed E-state index contributed by atoms with van der Waals surface area (Å²) in [4.78, 5) is 23.2. The molecule has 0 fully saturated rings. The number of nitrogens with zero attached hydrogens (tertiary/aromatic N) is 1. The van der Waals surface area contributed by atoms with Crippen molar-refractivity contribution < 1.29 is 19.4 Å². The second kappa shape index (κ2) is 4.69. The summed E-state index contributed by atoms with van der Waals surface area (Å²) in [5, 5.41) is 8.60. The SMILES string of the molecule is O=C(O)CN1COC(c2ccccc2)=CC1=O. The van der Waals surface area contributed by atoms with E-state index >= 15 is 0 Å². The van der Waals surface area contributed by atoms with Gasteiger partial charge in [-0.25, -0.2) is 0 Å². The van der Waals surface area contributed by atoms with Gasteiger partial charge in [-0.05, 0) is 0 Å². The second-order valence-corrected chi connectivity index (χ2v) is 3.58. The molecule has 1 aliphatic rings. The van der Waals surface area contributed by atoms with E-state index in [-0.39, 0.29) is 19.2 Å². The van der Waals surface area contributed by atoms with E-state index in [0.717, 1.165) is 10.5 Å². The highest BCUT2D eigenvalue weighted by Crippen LogP contribution is 2.19. The molecule has 0 saturated carbocycles. The quantitative estimate of drug-likeness (QED) is 0.843. The molecule has 17 heavy (non-hydrogen) atoms. The van der Waals surface area contributed by atoms with E-state index < -0.39 is 5.97 Å². The zero-order valence-corrected chi connectivity index (χ0v) is 9.00. The lowest BCUT2D eigenvalue weighted by Crippen LogP contribution is -2.38. The normalized spacial score (nSPS) is 15.2. The third kappa shape index (κ3) is 2.63. The van der Waals surface area contributed by atoms with Crippen molar-refractivity contribution in [3.63, 3.8) is 0 Å². The topological polar surface area (TPSA) is 66.8 Å². The molecule has 0 aliphatic carbocycles. The number of carboxylic acid groups (broad SMARTS) is 1. The molecule has 0 radical (unpaired) electrons. The molecule has 1 amide bonds. The van der Waals surface area contributed by atoms with Gasteiger partial charge in [-0.15, -0.1) is 0 Å². The first kappa shape index (κ1) is 11.2. The Bertz CT molecular complexity index is 467. The predicted octanol–water partition coefficient (Wildman–Crippen LogP) is 0.928. The molecule has 0 atom stereocenters. The van der Waals surface area contributed by atoms with Crippen LogP contribution in [0.25, 0.3) is 5.76 Å². The van der Waals surface area contributed by atoms with Crippen LogP contribution in [0.1, 0.15) is 5.56 Å². The number of hydrogen-bond donors (Lipinski definition) is 1. The van der Waals surface area contributed by atoms with Crippen molar-refractivity contribution in [3.8, 4) is 0 Å². The summed E-state index contributed by atoms with van der Waals surface area (Å²) in [6, 6.07) is 9.20. The molecule has 0 aromatic heterocycles. The molecule has 5 nitrogen and oxygen atoms in total. The van der Waals surface area contributed by atoms with Crippen LogP contribution in [-0.2, 0) is 14.3 Å². The average molecular weight is 233 g/mol. The zero-order valence-electron chi connectivity index (χ0n) is 9.00. The van der Waals surface area contributed by atoms with Crippen molar-refractivity contribution in [2.45, 2.75) is 0 Å². The first-order chi connectivity index (χ1) is 8.16. The smallest absolute Gasteiger partial charge is 0.323 e. The molecule has 88 valence electrons. The van der Waals surface area contributed by atoms with E-state index in [2.05, 4.69) is 0 Å². The van der Waals surface area contributed by atoms with Crippen LogP contribution < -0.4 is 0 Å². The van der Waals surface area contributed by atoms with Gasteiger partial charge in [0, 0.05) is 11.6 Å². The number of rotatable bonds is 3. The van der Waals surface area contributed by atoms with Gasteiger partial charge in [0.15, 0.2) is 6.73 Å². The Labute approximate surface area is 97.9 Å². The molecule has 1 aliphatic heterocycles. The van der Waals surface area contributed by atoms with Crippen LogP contribution in [0.4, 0.5) is 0 Å². The maximum absolute atomic E-state index is 11.6. The molecular formula is C12H11NO4. The summed E-state index contributed by atoms with van der Waals surface area (Å²) >= 11 is 0. The van der Waals surface area contributed by atoms with Gasteiger partial charge >= 0.3 is 5.97 Å². The molecule has 1 aromatic rings. The third-order valence-corrected chi connectivity index (χ3v) is 2.33. The van der Waals surface area contributed by atoms with E-state index in [1.54, 1.807) is 0 Å². The number of benzene rings is 1. The van der Waals surface area contributed by atoms with Gasteiger partial charge in [-0.3, -0.25) is 14.5 Å². The molecule has 2 rings (SSSR count). The lowest BCUT2D eigenvalue weighted by atomic mass is 10.1. The Morgan fingerprint density at radius 3 is 2.65 bits per heavy atom. The van der Waals surface area contributed by atoms with E-state index in [1.165, 1.54) is 6.08 Å². The highest BCUT2D eigenvalue weighted by Gasteiger charge is 2.21. The standard InChI is InChI=1S/C12H11NO4/c14-11-6-10(9-4-2-1-3-5-9)17-8-13(11)7-12(15)16/h1-6H,7-8H2,(H,15,16). The van der Waals surface area contributed by atoms with Crippen molar-refractivity contribution in [1.82, 2.24) is 4.90 Å². The number of carboxylic acids is 1. The van der Waals surface area contributed by atoms with Gasteiger partial charge in [0.1, 0.15) is 12.3 Å². The first-order valence-electron chi connectivity index (χ1n) is 5.07. The lowest BCUT2D eigenvalue weighted by Gasteiger charge is -2.25. The Balaban J connectivity index is 2.15. The second-order valence-electron chi connectivity index (χ2n) is 3.58. The minimum atomic E-state index is -1.06. The fraction of sp³-hybridized carbons (Fsp3) is 0.167. The fourth-order valence-electron chi connectivity index (χ4n) is 1.51. The minimum absolute atomic E-state index is 0.0359. The van der Waals surface area contributed by atoms with Crippen LogP contribution in [0.2, 0.25) is 0 Å².